The molecule has 0 aliphatic heterocycles. The molecule has 0 bridgehead atoms. The van der Waals surface area contributed by atoms with Crippen LogP contribution in [0.4, 0.5) is 0 Å². The summed E-state index contributed by atoms with van der Waals surface area (Å²) in [5.74, 6) is 0. The van der Waals surface area contributed by atoms with Crippen LogP contribution in [0.25, 0.3) is 0 Å². The van der Waals surface area contributed by atoms with Gasteiger partial charge in [0.25, 0.3) is 0 Å². The van der Waals surface area contributed by atoms with Crippen molar-refractivity contribution < 1.29 is 13.6 Å². The molecule has 0 amide bonds. The molecule has 4 heteroatoms. The zero-order valence-corrected chi connectivity index (χ0v) is 9.37. The molecule has 1 atom stereocenters. The minimum absolute atomic E-state index is 0.333. The van der Waals surface area contributed by atoms with E-state index in [1.807, 2.05) is 30.3 Å². The molecule has 1 unspecified atom stereocenters. The fourth-order valence-electron chi connectivity index (χ4n) is 1.02. The largest absolute Gasteiger partial charge is 0.330 e. The predicted molar refractivity (Wildman–Crippen MR) is 56.4 cm³/mol. The van der Waals surface area contributed by atoms with Crippen molar-refractivity contribution in [3.63, 3.8) is 0 Å². The van der Waals surface area contributed by atoms with Crippen molar-refractivity contribution in [2.45, 2.75) is 13.5 Å². The quantitative estimate of drug-likeness (QED) is 0.706. The average molecular weight is 214 g/mol. The fourth-order valence-corrected chi connectivity index (χ4v) is 1.91. The van der Waals surface area contributed by atoms with Gasteiger partial charge in [-0.25, -0.2) is 0 Å². The van der Waals surface area contributed by atoms with Crippen LogP contribution in [0.3, 0.4) is 0 Å². The van der Waals surface area contributed by atoms with Crippen molar-refractivity contribution in [2.75, 3.05) is 13.3 Å². The Morgan fingerprint density at radius 1 is 1.29 bits per heavy atom. The molecule has 78 valence electrons. The summed E-state index contributed by atoms with van der Waals surface area (Å²) in [4.78, 5) is 0. The van der Waals surface area contributed by atoms with Crippen molar-refractivity contribution >= 4 is 7.60 Å². The summed E-state index contributed by atoms with van der Waals surface area (Å²) < 4.78 is 21.8. The first-order chi connectivity index (χ1) is 6.70. The first kappa shape index (κ1) is 11.4. The molecular weight excluding hydrogens is 199 g/mol. The van der Waals surface area contributed by atoms with E-state index in [9.17, 15) is 4.57 Å². The lowest BCUT2D eigenvalue weighted by Crippen LogP contribution is -1.95. The SMILES string of the molecule is CCP(=O)(OC)OCc1ccccc1. The number of rotatable bonds is 5. The molecule has 0 aromatic heterocycles. The van der Waals surface area contributed by atoms with Gasteiger partial charge in [-0.3, -0.25) is 4.57 Å². The number of hydrogen-bond acceptors (Lipinski definition) is 3. The third-order valence-electron chi connectivity index (χ3n) is 1.94. The zero-order chi connectivity index (χ0) is 10.4. The first-order valence-electron chi connectivity index (χ1n) is 4.53. The summed E-state index contributed by atoms with van der Waals surface area (Å²) in [5.41, 5.74) is 0.998. The fraction of sp³-hybridized carbons (Fsp3) is 0.400. The average Bonchev–Trinajstić information content (AvgIpc) is 2.27. The summed E-state index contributed by atoms with van der Waals surface area (Å²) in [6, 6.07) is 9.62. The highest BCUT2D eigenvalue weighted by molar-refractivity contribution is 7.53. The Morgan fingerprint density at radius 2 is 1.93 bits per heavy atom. The molecule has 14 heavy (non-hydrogen) atoms. The van der Waals surface area contributed by atoms with Gasteiger partial charge in [0, 0.05) is 13.3 Å². The monoisotopic (exact) mass is 214 g/mol. The normalized spacial score (nSPS) is 15.0. The second-order valence-electron chi connectivity index (χ2n) is 2.87. The van der Waals surface area contributed by atoms with Crippen LogP contribution in [0.2, 0.25) is 0 Å². The van der Waals surface area contributed by atoms with Crippen LogP contribution in [0.1, 0.15) is 12.5 Å². The van der Waals surface area contributed by atoms with Crippen LogP contribution in [-0.4, -0.2) is 13.3 Å². The number of hydrogen-bond donors (Lipinski definition) is 0. The third-order valence-corrected chi connectivity index (χ3v) is 3.79. The maximum atomic E-state index is 11.7. The molecule has 0 fully saturated rings. The van der Waals surface area contributed by atoms with E-state index in [2.05, 4.69) is 0 Å². The smallest absolute Gasteiger partial charge is 0.312 e. The van der Waals surface area contributed by atoms with E-state index in [0.29, 0.717) is 12.8 Å². The molecule has 0 aliphatic carbocycles. The van der Waals surface area contributed by atoms with E-state index in [1.54, 1.807) is 6.92 Å². The van der Waals surface area contributed by atoms with Gasteiger partial charge in [0.2, 0.25) is 0 Å². The van der Waals surface area contributed by atoms with Crippen molar-refractivity contribution in [3.05, 3.63) is 35.9 Å². The minimum Gasteiger partial charge on any atom is -0.312 e. The Balaban J connectivity index is 2.52. The molecule has 0 N–H and O–H groups in total. The lowest BCUT2D eigenvalue weighted by Gasteiger charge is -2.13. The summed E-state index contributed by atoms with van der Waals surface area (Å²) in [6.07, 6.45) is 0.399. The van der Waals surface area contributed by atoms with Crippen LogP contribution >= 0.6 is 7.60 Å². The lowest BCUT2D eigenvalue weighted by molar-refractivity contribution is 0.226. The lowest BCUT2D eigenvalue weighted by atomic mass is 10.2. The maximum Gasteiger partial charge on any atom is 0.330 e. The summed E-state index contributed by atoms with van der Waals surface area (Å²) >= 11 is 0. The molecule has 0 spiro atoms. The van der Waals surface area contributed by atoms with Crippen LogP contribution in [0, 0.1) is 0 Å². The van der Waals surface area contributed by atoms with Gasteiger partial charge in [0.05, 0.1) is 6.61 Å². The van der Waals surface area contributed by atoms with Gasteiger partial charge in [0.1, 0.15) is 0 Å². The van der Waals surface area contributed by atoms with Gasteiger partial charge in [-0.1, -0.05) is 37.3 Å². The highest BCUT2D eigenvalue weighted by Crippen LogP contribution is 2.47. The number of benzene rings is 1. The second-order valence-corrected chi connectivity index (χ2v) is 5.35. The maximum absolute atomic E-state index is 11.7. The van der Waals surface area contributed by atoms with Gasteiger partial charge in [0.15, 0.2) is 0 Å². The van der Waals surface area contributed by atoms with Crippen LogP contribution in [0.15, 0.2) is 30.3 Å². The van der Waals surface area contributed by atoms with E-state index in [-0.39, 0.29) is 0 Å². The summed E-state index contributed by atoms with van der Waals surface area (Å²) in [6.45, 7) is 2.12. The van der Waals surface area contributed by atoms with Crippen molar-refractivity contribution in [1.29, 1.82) is 0 Å². The minimum atomic E-state index is -2.85. The van der Waals surface area contributed by atoms with E-state index >= 15 is 0 Å². The molecule has 0 saturated heterocycles. The molecule has 3 nitrogen and oxygen atoms in total. The molecule has 1 aromatic carbocycles. The Kier molecular flexibility index (Phi) is 4.33. The van der Waals surface area contributed by atoms with Gasteiger partial charge >= 0.3 is 7.60 Å². The highest BCUT2D eigenvalue weighted by atomic mass is 31.2. The Labute approximate surface area is 84.6 Å². The van der Waals surface area contributed by atoms with Gasteiger partial charge in [-0.15, -0.1) is 0 Å². The highest BCUT2D eigenvalue weighted by Gasteiger charge is 2.19. The molecule has 0 heterocycles. The van der Waals surface area contributed by atoms with Crippen LogP contribution in [0.5, 0.6) is 0 Å². The Morgan fingerprint density at radius 3 is 2.43 bits per heavy atom. The van der Waals surface area contributed by atoms with Crippen LogP contribution in [-0.2, 0) is 20.2 Å². The standard InChI is InChI=1S/C10H15O3P/c1-3-14(11,12-2)13-9-10-7-5-4-6-8-10/h4-8H,3,9H2,1-2H3. The zero-order valence-electron chi connectivity index (χ0n) is 8.47. The topological polar surface area (TPSA) is 35.5 Å². The predicted octanol–water partition coefficient (Wildman–Crippen LogP) is 3.06. The molecule has 1 aromatic rings. The molecule has 0 aliphatic rings. The first-order valence-corrected chi connectivity index (χ1v) is 6.26. The van der Waals surface area contributed by atoms with E-state index in [1.165, 1.54) is 7.11 Å². The molecule has 0 saturated carbocycles. The van der Waals surface area contributed by atoms with Crippen LogP contribution < -0.4 is 0 Å². The van der Waals surface area contributed by atoms with E-state index < -0.39 is 7.60 Å². The summed E-state index contributed by atoms with van der Waals surface area (Å²) in [5, 5.41) is 0. The van der Waals surface area contributed by atoms with E-state index in [4.69, 9.17) is 9.05 Å². The molecular formula is C10H15O3P. The second kappa shape index (κ2) is 5.30. The Hall–Kier alpha value is -0.630. The van der Waals surface area contributed by atoms with Gasteiger partial charge in [-0.2, -0.15) is 0 Å². The molecule has 1 rings (SSSR count). The third kappa shape index (κ3) is 3.26. The van der Waals surface area contributed by atoms with Crippen molar-refractivity contribution in [1.82, 2.24) is 0 Å². The van der Waals surface area contributed by atoms with Crippen molar-refractivity contribution in [2.24, 2.45) is 0 Å². The Bertz CT molecular complexity index is 302. The van der Waals surface area contributed by atoms with E-state index in [0.717, 1.165) is 5.56 Å². The van der Waals surface area contributed by atoms with Crippen molar-refractivity contribution in [3.8, 4) is 0 Å². The van der Waals surface area contributed by atoms with Gasteiger partial charge < -0.3 is 9.05 Å². The summed E-state index contributed by atoms with van der Waals surface area (Å²) in [7, 11) is -1.43. The van der Waals surface area contributed by atoms with Gasteiger partial charge in [-0.05, 0) is 5.56 Å². The molecule has 0 radical (unpaired) electrons.